The molecule has 2 heteroatoms. The van der Waals surface area contributed by atoms with E-state index in [-0.39, 0.29) is 0 Å². The Kier molecular flexibility index (Phi) is 7.69. The van der Waals surface area contributed by atoms with Crippen LogP contribution in [-0.2, 0) is 6.42 Å². The third kappa shape index (κ3) is 7.14. The molecule has 0 saturated carbocycles. The van der Waals surface area contributed by atoms with Crippen LogP contribution in [-0.4, -0.2) is 38.1 Å². The average Bonchev–Trinajstić information content (AvgIpc) is 2.37. The Bertz CT molecular complexity index is 272. The summed E-state index contributed by atoms with van der Waals surface area (Å²) >= 11 is 0. The van der Waals surface area contributed by atoms with Gasteiger partial charge in [0.15, 0.2) is 0 Å². The highest BCUT2D eigenvalue weighted by atomic mass is 15.1. The van der Waals surface area contributed by atoms with Crippen LogP contribution in [0, 0.1) is 0 Å². The Morgan fingerprint density at radius 1 is 1.06 bits per heavy atom. The summed E-state index contributed by atoms with van der Waals surface area (Å²) in [7, 11) is 2.21. The minimum atomic E-state index is 1.14. The summed E-state index contributed by atoms with van der Waals surface area (Å²) < 4.78 is 0. The van der Waals surface area contributed by atoms with Crippen molar-refractivity contribution in [3.05, 3.63) is 35.9 Å². The highest BCUT2D eigenvalue weighted by Gasteiger charge is 1.98. The van der Waals surface area contributed by atoms with Gasteiger partial charge in [-0.25, -0.2) is 0 Å². The lowest BCUT2D eigenvalue weighted by molar-refractivity contribution is 0.331. The van der Waals surface area contributed by atoms with E-state index in [2.05, 4.69) is 54.5 Å². The molecule has 1 rings (SSSR count). The Morgan fingerprint density at radius 3 is 2.53 bits per heavy atom. The number of rotatable bonds is 9. The van der Waals surface area contributed by atoms with Crippen LogP contribution in [0.2, 0.25) is 0 Å². The van der Waals surface area contributed by atoms with E-state index in [1.165, 1.54) is 24.9 Å². The van der Waals surface area contributed by atoms with Crippen molar-refractivity contribution < 1.29 is 0 Å². The van der Waals surface area contributed by atoms with Gasteiger partial charge in [-0.3, -0.25) is 0 Å². The van der Waals surface area contributed by atoms with Crippen molar-refractivity contribution in [2.75, 3.05) is 33.2 Å². The molecule has 0 atom stereocenters. The van der Waals surface area contributed by atoms with Gasteiger partial charge in [0, 0.05) is 6.54 Å². The maximum Gasteiger partial charge on any atom is 0.00188 e. The van der Waals surface area contributed by atoms with Crippen molar-refractivity contribution >= 4 is 0 Å². The van der Waals surface area contributed by atoms with Gasteiger partial charge in [0.1, 0.15) is 0 Å². The molecule has 0 amide bonds. The fourth-order valence-corrected chi connectivity index (χ4v) is 1.85. The number of nitrogens with zero attached hydrogens (tertiary/aromatic N) is 1. The van der Waals surface area contributed by atoms with Crippen LogP contribution in [0.25, 0.3) is 0 Å². The summed E-state index contributed by atoms with van der Waals surface area (Å²) in [5.41, 5.74) is 1.43. The summed E-state index contributed by atoms with van der Waals surface area (Å²) in [4.78, 5) is 2.42. The first-order valence-corrected chi connectivity index (χ1v) is 6.76. The third-order valence-corrected chi connectivity index (χ3v) is 2.95. The quantitative estimate of drug-likeness (QED) is 0.661. The predicted octanol–water partition coefficient (Wildman–Crippen LogP) is 2.55. The van der Waals surface area contributed by atoms with E-state index >= 15 is 0 Å². The molecule has 0 spiro atoms. The summed E-state index contributed by atoms with van der Waals surface area (Å²) in [6.45, 7) is 6.83. The SMILES string of the molecule is CCCNCCCN(C)CCc1ccccc1. The third-order valence-electron chi connectivity index (χ3n) is 2.95. The van der Waals surface area contributed by atoms with E-state index in [0.29, 0.717) is 0 Å². The number of hydrogen-bond donors (Lipinski definition) is 1. The van der Waals surface area contributed by atoms with Crippen molar-refractivity contribution in [3.63, 3.8) is 0 Å². The van der Waals surface area contributed by atoms with Crippen LogP contribution in [0.5, 0.6) is 0 Å². The topological polar surface area (TPSA) is 15.3 Å². The van der Waals surface area contributed by atoms with Crippen LogP contribution >= 0.6 is 0 Å². The standard InChI is InChI=1S/C15H26N2/c1-3-11-16-12-7-13-17(2)14-10-15-8-5-4-6-9-15/h4-6,8-9,16H,3,7,10-14H2,1-2H3. The number of benzene rings is 1. The smallest absolute Gasteiger partial charge is 0.00188 e. The molecule has 1 N–H and O–H groups in total. The lowest BCUT2D eigenvalue weighted by Crippen LogP contribution is -2.26. The van der Waals surface area contributed by atoms with Gasteiger partial charge in [0.25, 0.3) is 0 Å². The van der Waals surface area contributed by atoms with Crippen LogP contribution < -0.4 is 5.32 Å². The van der Waals surface area contributed by atoms with Gasteiger partial charge in [-0.1, -0.05) is 37.3 Å². The largest absolute Gasteiger partial charge is 0.317 e. The fourth-order valence-electron chi connectivity index (χ4n) is 1.85. The van der Waals surface area contributed by atoms with Crippen LogP contribution in [0.15, 0.2) is 30.3 Å². The van der Waals surface area contributed by atoms with Gasteiger partial charge in [-0.05, 0) is 51.5 Å². The van der Waals surface area contributed by atoms with Gasteiger partial charge in [-0.2, -0.15) is 0 Å². The molecular weight excluding hydrogens is 208 g/mol. The lowest BCUT2D eigenvalue weighted by Gasteiger charge is -2.16. The molecule has 1 aromatic rings. The molecule has 0 unspecified atom stereocenters. The van der Waals surface area contributed by atoms with Gasteiger partial charge >= 0.3 is 0 Å². The molecule has 0 aliphatic heterocycles. The van der Waals surface area contributed by atoms with Gasteiger partial charge in [-0.15, -0.1) is 0 Å². The molecule has 0 fully saturated rings. The zero-order valence-corrected chi connectivity index (χ0v) is 11.3. The van der Waals surface area contributed by atoms with Crippen molar-refractivity contribution in [1.29, 1.82) is 0 Å². The molecule has 0 aliphatic rings. The molecule has 0 saturated heterocycles. The number of nitrogens with one attached hydrogen (secondary N) is 1. The highest BCUT2D eigenvalue weighted by Crippen LogP contribution is 2.00. The summed E-state index contributed by atoms with van der Waals surface area (Å²) in [6, 6.07) is 10.7. The molecule has 1 aromatic carbocycles. The zero-order valence-electron chi connectivity index (χ0n) is 11.3. The summed E-state index contributed by atoms with van der Waals surface area (Å²) in [5.74, 6) is 0. The van der Waals surface area contributed by atoms with E-state index in [0.717, 1.165) is 26.1 Å². The normalized spacial score (nSPS) is 11.0. The average molecular weight is 234 g/mol. The zero-order chi connectivity index (χ0) is 12.3. The Balaban J connectivity index is 2.03. The first-order chi connectivity index (χ1) is 8.33. The van der Waals surface area contributed by atoms with E-state index < -0.39 is 0 Å². The monoisotopic (exact) mass is 234 g/mol. The molecule has 0 aliphatic carbocycles. The first-order valence-electron chi connectivity index (χ1n) is 6.76. The molecule has 0 bridgehead atoms. The minimum Gasteiger partial charge on any atom is -0.317 e. The lowest BCUT2D eigenvalue weighted by atomic mass is 10.1. The molecule has 17 heavy (non-hydrogen) atoms. The summed E-state index contributed by atoms with van der Waals surface area (Å²) in [6.07, 6.45) is 3.62. The Hall–Kier alpha value is -0.860. The Morgan fingerprint density at radius 2 is 1.82 bits per heavy atom. The molecule has 2 nitrogen and oxygen atoms in total. The minimum absolute atomic E-state index is 1.14. The second-order valence-electron chi connectivity index (χ2n) is 4.64. The molecule has 0 heterocycles. The molecule has 0 aromatic heterocycles. The van der Waals surface area contributed by atoms with Crippen molar-refractivity contribution in [2.24, 2.45) is 0 Å². The van der Waals surface area contributed by atoms with Gasteiger partial charge < -0.3 is 10.2 Å². The van der Waals surface area contributed by atoms with E-state index in [4.69, 9.17) is 0 Å². The van der Waals surface area contributed by atoms with Crippen molar-refractivity contribution in [1.82, 2.24) is 10.2 Å². The van der Waals surface area contributed by atoms with Crippen molar-refractivity contribution in [2.45, 2.75) is 26.2 Å². The van der Waals surface area contributed by atoms with E-state index in [1.807, 2.05) is 0 Å². The maximum absolute atomic E-state index is 3.44. The van der Waals surface area contributed by atoms with Gasteiger partial charge in [0.2, 0.25) is 0 Å². The second kappa shape index (κ2) is 9.20. The van der Waals surface area contributed by atoms with Crippen molar-refractivity contribution in [3.8, 4) is 0 Å². The summed E-state index contributed by atoms with van der Waals surface area (Å²) in [5, 5.41) is 3.44. The highest BCUT2D eigenvalue weighted by molar-refractivity contribution is 5.14. The van der Waals surface area contributed by atoms with E-state index in [1.54, 1.807) is 0 Å². The number of likely N-dealkylation sites (N-methyl/N-ethyl adjacent to an activating group) is 1. The van der Waals surface area contributed by atoms with E-state index in [9.17, 15) is 0 Å². The second-order valence-corrected chi connectivity index (χ2v) is 4.64. The Labute approximate surface area is 106 Å². The van der Waals surface area contributed by atoms with Crippen LogP contribution in [0.1, 0.15) is 25.3 Å². The molecule has 96 valence electrons. The van der Waals surface area contributed by atoms with Gasteiger partial charge in [0.05, 0.1) is 0 Å². The van der Waals surface area contributed by atoms with Crippen LogP contribution in [0.3, 0.4) is 0 Å². The maximum atomic E-state index is 3.44. The molecular formula is C15H26N2. The first kappa shape index (κ1) is 14.2. The fraction of sp³-hybridized carbons (Fsp3) is 0.600. The van der Waals surface area contributed by atoms with Crippen LogP contribution in [0.4, 0.5) is 0 Å². The predicted molar refractivity (Wildman–Crippen MR) is 75.4 cm³/mol. The molecule has 0 radical (unpaired) electrons. The number of hydrogen-bond acceptors (Lipinski definition) is 2.